The number of carbonyl (C=O) groups is 1. The summed E-state index contributed by atoms with van der Waals surface area (Å²) >= 11 is 17.5. The lowest BCUT2D eigenvalue weighted by Crippen LogP contribution is -2.23. The van der Waals surface area contributed by atoms with Gasteiger partial charge in [-0.05, 0) is 29.8 Å². The number of carboxylic acids is 1. The topological polar surface area (TPSA) is 94.0 Å². The molecule has 1 aromatic carbocycles. The second kappa shape index (κ2) is 7.22. The molecule has 5 nitrogen and oxygen atoms in total. The van der Waals surface area contributed by atoms with Crippen LogP contribution in [0.4, 0.5) is 8.78 Å². The van der Waals surface area contributed by atoms with E-state index in [0.29, 0.717) is 17.8 Å². The first-order valence-electron chi connectivity index (χ1n) is 6.20. The predicted molar refractivity (Wildman–Crippen MR) is 89.1 cm³/mol. The number of aromatic amines is 1. The van der Waals surface area contributed by atoms with Gasteiger partial charge >= 0.3 is 11.4 Å². The molecule has 0 saturated heterocycles. The minimum atomic E-state index is -3.92. The van der Waals surface area contributed by atoms with Gasteiger partial charge in [-0.25, -0.2) is 4.79 Å². The van der Waals surface area contributed by atoms with E-state index in [1.807, 2.05) is 0 Å². The number of nitrogens with one attached hydrogen (secondary N) is 1. The van der Waals surface area contributed by atoms with Crippen LogP contribution in [0.1, 0.15) is 21.6 Å². The molecule has 0 atom stereocenters. The SMILES string of the molecule is N#Cc1ccc(Cl)c(Sc2cc(C(F)(F)Cl)[nH]c(=O)c2C(=O)O)c1Cl. The summed E-state index contributed by atoms with van der Waals surface area (Å²) in [6, 6.07) is 5.19. The third-order valence-electron chi connectivity index (χ3n) is 2.90. The van der Waals surface area contributed by atoms with Crippen LogP contribution in [0.5, 0.6) is 0 Å². The van der Waals surface area contributed by atoms with E-state index >= 15 is 0 Å². The molecule has 0 aliphatic carbocycles. The fourth-order valence-corrected chi connectivity index (χ4v) is 3.58. The summed E-state index contributed by atoms with van der Waals surface area (Å²) < 4.78 is 26.6. The Labute approximate surface area is 158 Å². The number of rotatable bonds is 4. The van der Waals surface area contributed by atoms with Gasteiger partial charge in [-0.1, -0.05) is 35.0 Å². The molecule has 11 heteroatoms. The maximum absolute atomic E-state index is 13.3. The van der Waals surface area contributed by atoms with Crippen LogP contribution in [-0.4, -0.2) is 16.1 Å². The van der Waals surface area contributed by atoms with Crippen LogP contribution < -0.4 is 5.56 Å². The van der Waals surface area contributed by atoms with Gasteiger partial charge in [0, 0.05) is 4.90 Å². The molecule has 0 bridgehead atoms. The van der Waals surface area contributed by atoms with Gasteiger partial charge in [-0.2, -0.15) is 14.0 Å². The third-order valence-corrected chi connectivity index (χ3v) is 5.20. The van der Waals surface area contributed by atoms with Gasteiger partial charge < -0.3 is 10.1 Å². The summed E-state index contributed by atoms with van der Waals surface area (Å²) in [5.74, 6) is -1.64. The summed E-state index contributed by atoms with van der Waals surface area (Å²) in [5, 5.41) is 14.2. The lowest BCUT2D eigenvalue weighted by molar-refractivity contribution is 0.0686. The Morgan fingerprint density at radius 3 is 2.52 bits per heavy atom. The third kappa shape index (κ3) is 4.07. The van der Waals surface area contributed by atoms with E-state index in [9.17, 15) is 23.5 Å². The standard InChI is InChI=1S/C14H5Cl3F2N2O3S/c15-6-2-1-5(4-20)10(16)11(6)25-7-3-8(14(17,18)19)21-12(22)9(7)13(23)24/h1-3H,(H,21,22)(H,23,24). The van der Waals surface area contributed by atoms with Crippen molar-refractivity contribution in [3.8, 4) is 6.07 Å². The van der Waals surface area contributed by atoms with Crippen LogP contribution in [0.3, 0.4) is 0 Å². The Morgan fingerprint density at radius 1 is 1.36 bits per heavy atom. The van der Waals surface area contributed by atoms with Crippen LogP contribution >= 0.6 is 46.6 Å². The molecule has 0 amide bonds. The zero-order chi connectivity index (χ0) is 18.9. The van der Waals surface area contributed by atoms with Crippen molar-refractivity contribution in [2.24, 2.45) is 0 Å². The van der Waals surface area contributed by atoms with E-state index in [0.717, 1.165) is 0 Å². The number of aromatic nitrogens is 1. The second-order valence-corrected chi connectivity index (χ2v) is 6.82. The van der Waals surface area contributed by atoms with Crippen LogP contribution in [0.2, 0.25) is 10.0 Å². The smallest absolute Gasteiger partial charge is 0.362 e. The lowest BCUT2D eigenvalue weighted by Gasteiger charge is -2.13. The number of H-pyrrole nitrogens is 1. The van der Waals surface area contributed by atoms with Crippen molar-refractivity contribution in [3.63, 3.8) is 0 Å². The number of alkyl halides is 3. The summed E-state index contributed by atoms with van der Waals surface area (Å²) in [5.41, 5.74) is -3.01. The lowest BCUT2D eigenvalue weighted by atomic mass is 10.2. The number of hydrogen-bond acceptors (Lipinski definition) is 4. The number of pyridine rings is 1. The van der Waals surface area contributed by atoms with Crippen LogP contribution in [0.15, 0.2) is 32.8 Å². The van der Waals surface area contributed by atoms with Gasteiger partial charge in [-0.15, -0.1) is 0 Å². The average molecular weight is 426 g/mol. The minimum Gasteiger partial charge on any atom is -0.477 e. The molecule has 0 aliphatic heterocycles. The number of aromatic carboxylic acids is 1. The van der Waals surface area contributed by atoms with Gasteiger partial charge in [-0.3, -0.25) is 4.79 Å². The molecule has 0 spiro atoms. The molecule has 0 saturated carbocycles. The largest absolute Gasteiger partial charge is 0.477 e. The van der Waals surface area contributed by atoms with E-state index < -0.39 is 28.2 Å². The highest BCUT2D eigenvalue weighted by Gasteiger charge is 2.32. The highest BCUT2D eigenvalue weighted by Crippen LogP contribution is 2.42. The van der Waals surface area contributed by atoms with Gasteiger partial charge in [0.05, 0.1) is 20.5 Å². The average Bonchev–Trinajstić information content (AvgIpc) is 2.49. The van der Waals surface area contributed by atoms with E-state index in [1.54, 1.807) is 11.1 Å². The monoisotopic (exact) mass is 424 g/mol. The molecule has 0 radical (unpaired) electrons. The highest BCUT2D eigenvalue weighted by atomic mass is 35.5. The zero-order valence-electron chi connectivity index (χ0n) is 11.7. The number of carboxylic acid groups (broad SMARTS) is 1. The Bertz CT molecular complexity index is 968. The van der Waals surface area contributed by atoms with Gasteiger partial charge in [0.1, 0.15) is 17.3 Å². The summed E-state index contributed by atoms with van der Waals surface area (Å²) in [6.45, 7) is 0. The number of benzene rings is 1. The van der Waals surface area contributed by atoms with E-state index in [2.05, 4.69) is 0 Å². The van der Waals surface area contributed by atoms with E-state index in [4.69, 9.17) is 40.1 Å². The predicted octanol–water partition coefficient (Wildman–Crippen LogP) is 4.69. The Hall–Kier alpha value is -1.79. The maximum atomic E-state index is 13.3. The van der Waals surface area contributed by atoms with Crippen molar-refractivity contribution in [2.45, 2.75) is 15.2 Å². The first kappa shape index (κ1) is 19.5. The maximum Gasteiger partial charge on any atom is 0.362 e. The molecular formula is C14H5Cl3F2N2O3S. The molecule has 1 aromatic heterocycles. The molecule has 2 aromatic rings. The zero-order valence-corrected chi connectivity index (χ0v) is 14.8. The Kier molecular flexibility index (Phi) is 5.64. The van der Waals surface area contributed by atoms with E-state index in [-0.39, 0.29) is 25.4 Å². The molecule has 0 aliphatic rings. The fraction of sp³-hybridized carbons (Fsp3) is 0.0714. The second-order valence-electron chi connectivity index (χ2n) is 4.51. The number of nitrogens with zero attached hydrogens (tertiary/aromatic N) is 1. The highest BCUT2D eigenvalue weighted by molar-refractivity contribution is 7.99. The molecule has 0 unspecified atom stereocenters. The van der Waals surface area contributed by atoms with Crippen LogP contribution in [0, 0.1) is 11.3 Å². The van der Waals surface area contributed by atoms with Crippen molar-refractivity contribution in [1.29, 1.82) is 5.26 Å². The molecule has 130 valence electrons. The fourth-order valence-electron chi connectivity index (χ4n) is 1.79. The van der Waals surface area contributed by atoms with Crippen molar-refractivity contribution in [1.82, 2.24) is 4.98 Å². The van der Waals surface area contributed by atoms with Crippen molar-refractivity contribution < 1.29 is 18.7 Å². The number of halogens is 5. The molecule has 2 rings (SSSR count). The number of hydrogen-bond donors (Lipinski definition) is 2. The van der Waals surface area contributed by atoms with Crippen molar-refractivity contribution in [3.05, 3.63) is 55.4 Å². The van der Waals surface area contributed by atoms with Gasteiger partial charge in [0.25, 0.3) is 5.56 Å². The quantitative estimate of drug-likeness (QED) is 0.693. The Morgan fingerprint density at radius 2 is 2.00 bits per heavy atom. The summed E-state index contributed by atoms with van der Waals surface area (Å²) in [6.07, 6.45) is 0. The van der Waals surface area contributed by atoms with Crippen LogP contribution in [-0.2, 0) is 5.38 Å². The van der Waals surface area contributed by atoms with Crippen molar-refractivity contribution >= 4 is 52.5 Å². The molecule has 0 fully saturated rings. The first-order chi connectivity index (χ1) is 11.6. The number of nitriles is 1. The van der Waals surface area contributed by atoms with Crippen molar-refractivity contribution in [2.75, 3.05) is 0 Å². The molecule has 1 heterocycles. The first-order valence-corrected chi connectivity index (χ1v) is 8.15. The van der Waals surface area contributed by atoms with Gasteiger partial charge in [0.2, 0.25) is 0 Å². The summed E-state index contributed by atoms with van der Waals surface area (Å²) in [7, 11) is 0. The Balaban J connectivity index is 2.72. The molecule has 2 N–H and O–H groups in total. The minimum absolute atomic E-state index is 0.0400. The molecule has 25 heavy (non-hydrogen) atoms. The normalized spacial score (nSPS) is 11.2. The van der Waals surface area contributed by atoms with Gasteiger partial charge in [0.15, 0.2) is 0 Å². The summed E-state index contributed by atoms with van der Waals surface area (Å²) in [4.78, 5) is 24.6. The van der Waals surface area contributed by atoms with E-state index in [1.165, 1.54) is 12.1 Å². The molecular weight excluding hydrogens is 421 g/mol. The van der Waals surface area contributed by atoms with Crippen LogP contribution in [0.25, 0.3) is 0 Å².